The molecule has 1 aromatic heterocycles. The van der Waals surface area contributed by atoms with Crippen molar-refractivity contribution >= 4 is 33.3 Å². The lowest BCUT2D eigenvalue weighted by atomic mass is 10.4. The van der Waals surface area contributed by atoms with Crippen LogP contribution in [0.15, 0.2) is 16.3 Å². The number of carbonyl (C=O) groups excluding carboxylic acids is 1. The first-order valence-corrected chi connectivity index (χ1v) is 7.92. The van der Waals surface area contributed by atoms with E-state index in [-0.39, 0.29) is 9.77 Å². The van der Waals surface area contributed by atoms with Gasteiger partial charge in [-0.25, -0.2) is 13.2 Å². The van der Waals surface area contributed by atoms with Crippen molar-refractivity contribution in [2.24, 2.45) is 0 Å². The largest absolute Gasteiger partial charge is 0.480 e. The maximum absolute atomic E-state index is 12.4. The first-order chi connectivity index (χ1) is 9.20. The second-order valence-corrected chi connectivity index (χ2v) is 6.98. The van der Waals surface area contributed by atoms with Crippen LogP contribution in [0.2, 0.25) is 0 Å². The molecule has 0 aliphatic heterocycles. The third-order valence-corrected chi connectivity index (χ3v) is 5.49. The molecule has 0 aromatic carbocycles. The van der Waals surface area contributed by atoms with Crippen molar-refractivity contribution in [2.45, 2.75) is 24.8 Å². The Morgan fingerprint density at radius 1 is 1.45 bits per heavy atom. The minimum atomic E-state index is -3.96. The van der Waals surface area contributed by atoms with Crippen LogP contribution in [0, 0.1) is 0 Å². The van der Waals surface area contributed by atoms with Gasteiger partial charge in [-0.3, -0.25) is 4.79 Å². The van der Waals surface area contributed by atoms with E-state index in [9.17, 15) is 18.0 Å². The quantitative estimate of drug-likeness (QED) is 0.785. The van der Waals surface area contributed by atoms with Gasteiger partial charge in [0.2, 0.25) is 10.0 Å². The molecule has 0 amide bonds. The number of thiophene rings is 1. The highest BCUT2D eigenvalue weighted by atomic mass is 32.2. The minimum absolute atomic E-state index is 0.113. The SMILES string of the molecule is COC(=O)c1cc(S(=O)(=O)N(CC(=O)O)C(C)C)cs1. The summed E-state index contributed by atoms with van der Waals surface area (Å²) < 4.78 is 30.1. The molecular formula is C11H15NO6S2. The van der Waals surface area contributed by atoms with Gasteiger partial charge in [0.15, 0.2) is 0 Å². The van der Waals surface area contributed by atoms with Crippen LogP contribution in [0.25, 0.3) is 0 Å². The number of carboxylic acid groups (broad SMARTS) is 1. The van der Waals surface area contributed by atoms with Gasteiger partial charge in [0.1, 0.15) is 11.4 Å². The van der Waals surface area contributed by atoms with E-state index in [0.29, 0.717) is 0 Å². The highest BCUT2D eigenvalue weighted by Gasteiger charge is 2.30. The standard InChI is InChI=1S/C11H15NO6S2/c1-7(2)12(5-10(13)14)20(16,17)8-4-9(19-6-8)11(15)18-3/h4,6-7H,5H2,1-3H3,(H,13,14). The summed E-state index contributed by atoms with van der Waals surface area (Å²) >= 11 is 0.929. The lowest BCUT2D eigenvalue weighted by Gasteiger charge is -2.23. The Balaban J connectivity index is 3.16. The number of nitrogens with zero attached hydrogens (tertiary/aromatic N) is 1. The van der Waals surface area contributed by atoms with Crippen LogP contribution in [0.4, 0.5) is 0 Å². The smallest absolute Gasteiger partial charge is 0.348 e. The summed E-state index contributed by atoms with van der Waals surface area (Å²) in [7, 11) is -2.77. The number of hydrogen-bond acceptors (Lipinski definition) is 6. The van der Waals surface area contributed by atoms with E-state index in [1.807, 2.05) is 0 Å². The number of sulfonamides is 1. The molecule has 0 aliphatic carbocycles. The highest BCUT2D eigenvalue weighted by Crippen LogP contribution is 2.24. The number of aliphatic carboxylic acids is 1. The van der Waals surface area contributed by atoms with Gasteiger partial charge < -0.3 is 9.84 Å². The van der Waals surface area contributed by atoms with Crippen molar-refractivity contribution < 1.29 is 27.9 Å². The average molecular weight is 321 g/mol. The van der Waals surface area contributed by atoms with Gasteiger partial charge in [-0.15, -0.1) is 11.3 Å². The topological polar surface area (TPSA) is 101 Å². The van der Waals surface area contributed by atoms with Crippen LogP contribution in [-0.4, -0.2) is 49.5 Å². The Kier molecular flexibility index (Phi) is 5.26. The summed E-state index contributed by atoms with van der Waals surface area (Å²) in [6.45, 7) is 2.52. The Bertz CT molecular complexity index is 604. The molecule has 0 saturated heterocycles. The molecule has 0 bridgehead atoms. The number of rotatable bonds is 6. The molecule has 0 saturated carbocycles. The number of carboxylic acids is 1. The molecule has 0 aliphatic rings. The van der Waals surface area contributed by atoms with E-state index in [4.69, 9.17) is 5.11 Å². The maximum Gasteiger partial charge on any atom is 0.348 e. The van der Waals surface area contributed by atoms with Gasteiger partial charge in [-0.2, -0.15) is 4.31 Å². The normalized spacial score (nSPS) is 11.8. The van der Waals surface area contributed by atoms with Crippen molar-refractivity contribution in [1.29, 1.82) is 0 Å². The molecule has 20 heavy (non-hydrogen) atoms. The third-order valence-electron chi connectivity index (χ3n) is 2.44. The first-order valence-electron chi connectivity index (χ1n) is 5.60. The van der Waals surface area contributed by atoms with Gasteiger partial charge in [0.05, 0.1) is 12.0 Å². The summed E-state index contributed by atoms with van der Waals surface area (Å²) in [5.41, 5.74) is 0. The van der Waals surface area contributed by atoms with Crippen LogP contribution in [0.1, 0.15) is 23.5 Å². The van der Waals surface area contributed by atoms with Crippen LogP contribution in [0.3, 0.4) is 0 Å². The van der Waals surface area contributed by atoms with E-state index in [1.54, 1.807) is 13.8 Å². The summed E-state index contributed by atoms with van der Waals surface area (Å²) in [5, 5.41) is 10.1. The molecule has 1 aromatic rings. The molecule has 0 fully saturated rings. The number of ether oxygens (including phenoxy) is 1. The maximum atomic E-state index is 12.4. The van der Waals surface area contributed by atoms with E-state index in [2.05, 4.69) is 4.74 Å². The average Bonchev–Trinajstić information content (AvgIpc) is 2.84. The summed E-state index contributed by atoms with van der Waals surface area (Å²) in [6.07, 6.45) is 0. The monoisotopic (exact) mass is 321 g/mol. The lowest BCUT2D eigenvalue weighted by molar-refractivity contribution is -0.137. The van der Waals surface area contributed by atoms with E-state index in [1.165, 1.54) is 18.6 Å². The molecule has 112 valence electrons. The van der Waals surface area contributed by atoms with Crippen LogP contribution < -0.4 is 0 Å². The van der Waals surface area contributed by atoms with Crippen molar-refractivity contribution in [2.75, 3.05) is 13.7 Å². The summed E-state index contributed by atoms with van der Waals surface area (Å²) in [5.74, 6) is -1.88. The molecular weight excluding hydrogens is 306 g/mol. The van der Waals surface area contributed by atoms with Crippen LogP contribution >= 0.6 is 11.3 Å². The Morgan fingerprint density at radius 2 is 2.05 bits per heavy atom. The highest BCUT2D eigenvalue weighted by molar-refractivity contribution is 7.89. The minimum Gasteiger partial charge on any atom is -0.480 e. The Labute approximate surface area is 120 Å². The van der Waals surface area contributed by atoms with Gasteiger partial charge in [-0.05, 0) is 19.9 Å². The molecule has 7 nitrogen and oxygen atoms in total. The molecule has 0 unspecified atom stereocenters. The molecule has 1 rings (SSSR count). The van der Waals surface area contributed by atoms with Gasteiger partial charge in [0.25, 0.3) is 0 Å². The Hall–Kier alpha value is -1.45. The molecule has 0 spiro atoms. The van der Waals surface area contributed by atoms with Gasteiger partial charge in [-0.1, -0.05) is 0 Å². The molecule has 0 atom stereocenters. The van der Waals surface area contributed by atoms with Crippen molar-refractivity contribution in [3.63, 3.8) is 0 Å². The van der Waals surface area contributed by atoms with Crippen LogP contribution in [-0.2, 0) is 19.6 Å². The fourth-order valence-electron chi connectivity index (χ4n) is 1.48. The number of methoxy groups -OCH3 is 1. The predicted octanol–water partition coefficient (Wildman–Crippen LogP) is 1.02. The van der Waals surface area contributed by atoms with E-state index in [0.717, 1.165) is 15.6 Å². The zero-order chi connectivity index (χ0) is 15.5. The first kappa shape index (κ1) is 16.6. The van der Waals surface area contributed by atoms with E-state index < -0.39 is 34.5 Å². The fraction of sp³-hybridized carbons (Fsp3) is 0.455. The predicted molar refractivity (Wildman–Crippen MR) is 72.3 cm³/mol. The fourth-order valence-corrected chi connectivity index (χ4v) is 4.24. The summed E-state index contributed by atoms with van der Waals surface area (Å²) in [6, 6.07) is 0.667. The zero-order valence-corrected chi connectivity index (χ0v) is 12.8. The molecule has 1 N–H and O–H groups in total. The Morgan fingerprint density at radius 3 is 2.50 bits per heavy atom. The second-order valence-electron chi connectivity index (χ2n) is 4.18. The van der Waals surface area contributed by atoms with Crippen molar-refractivity contribution in [1.82, 2.24) is 4.31 Å². The number of carbonyl (C=O) groups is 2. The second kappa shape index (κ2) is 6.33. The van der Waals surface area contributed by atoms with Crippen molar-refractivity contribution in [3.05, 3.63) is 16.3 Å². The summed E-state index contributed by atoms with van der Waals surface area (Å²) in [4.78, 5) is 22.1. The van der Waals surface area contributed by atoms with Crippen LogP contribution in [0.5, 0.6) is 0 Å². The van der Waals surface area contributed by atoms with Gasteiger partial charge in [0, 0.05) is 11.4 Å². The molecule has 0 radical (unpaired) electrons. The zero-order valence-electron chi connectivity index (χ0n) is 11.2. The molecule has 1 heterocycles. The van der Waals surface area contributed by atoms with Gasteiger partial charge >= 0.3 is 11.9 Å². The third kappa shape index (κ3) is 3.56. The number of esters is 1. The number of hydrogen-bond donors (Lipinski definition) is 1. The lowest BCUT2D eigenvalue weighted by Crippen LogP contribution is -2.40. The molecule has 9 heteroatoms. The van der Waals surface area contributed by atoms with E-state index >= 15 is 0 Å². The van der Waals surface area contributed by atoms with Crippen molar-refractivity contribution in [3.8, 4) is 0 Å².